The van der Waals surface area contributed by atoms with Crippen molar-refractivity contribution >= 4 is 23.1 Å². The van der Waals surface area contributed by atoms with Crippen LogP contribution in [0.5, 0.6) is 0 Å². The third-order valence-corrected chi connectivity index (χ3v) is 5.44. The van der Waals surface area contributed by atoms with Crippen molar-refractivity contribution in [1.82, 2.24) is 5.43 Å². The summed E-state index contributed by atoms with van der Waals surface area (Å²) in [4.78, 5) is 3.82. The number of nitrogens with two attached hydrogens (primary N) is 1. The van der Waals surface area contributed by atoms with Gasteiger partial charge in [-0.2, -0.15) is 0 Å². The highest BCUT2D eigenvalue weighted by Gasteiger charge is 2.10. The van der Waals surface area contributed by atoms with Gasteiger partial charge in [-0.25, -0.2) is 4.39 Å². The molecule has 108 valence electrons. The highest BCUT2D eigenvalue weighted by molar-refractivity contribution is 7.99. The van der Waals surface area contributed by atoms with Crippen molar-refractivity contribution in [2.24, 2.45) is 5.84 Å². The lowest BCUT2D eigenvalue weighted by molar-refractivity contribution is 0.579. The molecule has 1 aromatic heterocycles. The fourth-order valence-corrected chi connectivity index (χ4v) is 3.83. The van der Waals surface area contributed by atoms with Crippen LogP contribution in [0, 0.1) is 5.82 Å². The molecule has 0 aliphatic heterocycles. The Morgan fingerprint density at radius 2 is 1.90 bits per heavy atom. The van der Waals surface area contributed by atoms with Crippen molar-refractivity contribution < 1.29 is 4.39 Å². The van der Waals surface area contributed by atoms with Crippen LogP contribution in [0.3, 0.4) is 0 Å². The topological polar surface area (TPSA) is 38.0 Å². The van der Waals surface area contributed by atoms with Gasteiger partial charge in [-0.15, -0.1) is 23.1 Å². The second kappa shape index (κ2) is 7.78. The minimum absolute atomic E-state index is 0.200. The van der Waals surface area contributed by atoms with Gasteiger partial charge in [-0.3, -0.25) is 11.3 Å². The van der Waals surface area contributed by atoms with Crippen LogP contribution in [0.15, 0.2) is 41.3 Å². The number of rotatable bonds is 7. The Morgan fingerprint density at radius 1 is 1.20 bits per heavy atom. The van der Waals surface area contributed by atoms with E-state index in [0.29, 0.717) is 0 Å². The Labute approximate surface area is 127 Å². The number of hydrogen-bond acceptors (Lipinski definition) is 4. The van der Waals surface area contributed by atoms with Crippen LogP contribution in [0.25, 0.3) is 0 Å². The number of thioether (sulfide) groups is 1. The molecule has 0 bridgehead atoms. The molecule has 2 nitrogen and oxygen atoms in total. The molecule has 0 amide bonds. The summed E-state index contributed by atoms with van der Waals surface area (Å²) in [6, 6.07) is 11.1. The quantitative estimate of drug-likeness (QED) is 0.466. The van der Waals surface area contributed by atoms with Gasteiger partial charge in [0.1, 0.15) is 5.82 Å². The molecule has 0 spiro atoms. The molecular weight excluding hydrogens is 291 g/mol. The van der Waals surface area contributed by atoms with Crippen molar-refractivity contribution in [1.29, 1.82) is 0 Å². The molecule has 5 heteroatoms. The smallest absolute Gasteiger partial charge is 0.123 e. The van der Waals surface area contributed by atoms with Crippen LogP contribution in [-0.4, -0.2) is 11.8 Å². The van der Waals surface area contributed by atoms with E-state index >= 15 is 0 Å². The molecule has 2 aromatic rings. The van der Waals surface area contributed by atoms with Gasteiger partial charge >= 0.3 is 0 Å². The van der Waals surface area contributed by atoms with E-state index in [1.807, 2.05) is 11.3 Å². The molecule has 1 heterocycles. The molecule has 0 fully saturated rings. The fraction of sp³-hybridized carbons (Fsp3) is 0.333. The zero-order valence-electron chi connectivity index (χ0n) is 11.4. The predicted molar refractivity (Wildman–Crippen MR) is 85.6 cm³/mol. The summed E-state index contributed by atoms with van der Waals surface area (Å²) in [5, 5.41) is 0. The monoisotopic (exact) mass is 310 g/mol. The van der Waals surface area contributed by atoms with E-state index in [1.54, 1.807) is 23.9 Å². The molecule has 1 unspecified atom stereocenters. The summed E-state index contributed by atoms with van der Waals surface area (Å²) in [5.74, 6) is 6.29. The van der Waals surface area contributed by atoms with Crippen molar-refractivity contribution in [3.63, 3.8) is 0 Å². The Kier molecular flexibility index (Phi) is 6.04. The maximum atomic E-state index is 12.8. The summed E-state index contributed by atoms with van der Waals surface area (Å²) >= 11 is 3.53. The zero-order chi connectivity index (χ0) is 14.4. The molecular formula is C15H19FN2S2. The second-order valence-corrected chi connectivity index (χ2v) is 6.90. The largest absolute Gasteiger partial charge is 0.271 e. The van der Waals surface area contributed by atoms with E-state index in [9.17, 15) is 4.39 Å². The first-order chi connectivity index (χ1) is 9.71. The molecule has 0 aliphatic carbocycles. The normalized spacial score (nSPS) is 12.6. The minimum atomic E-state index is -0.200. The second-order valence-electron chi connectivity index (χ2n) is 4.55. The Hall–Kier alpha value is -0.880. The number of nitrogens with one attached hydrogen (secondary N) is 1. The van der Waals surface area contributed by atoms with Gasteiger partial charge in [-0.05, 0) is 49.2 Å². The summed E-state index contributed by atoms with van der Waals surface area (Å²) in [6.07, 6.45) is 2.01. The van der Waals surface area contributed by atoms with Crippen molar-refractivity contribution in [2.75, 3.05) is 5.75 Å². The van der Waals surface area contributed by atoms with Crippen LogP contribution < -0.4 is 11.3 Å². The third kappa shape index (κ3) is 4.59. The number of hydrogen-bond donors (Lipinski definition) is 2. The number of halogens is 1. The maximum Gasteiger partial charge on any atom is 0.123 e. The molecule has 0 saturated carbocycles. The Bertz CT molecular complexity index is 525. The summed E-state index contributed by atoms with van der Waals surface area (Å²) in [5.41, 5.74) is 2.87. The highest BCUT2D eigenvalue weighted by Crippen LogP contribution is 2.22. The Morgan fingerprint density at radius 3 is 2.50 bits per heavy atom. The third-order valence-electron chi connectivity index (χ3n) is 3.01. The first kappa shape index (κ1) is 15.5. The van der Waals surface area contributed by atoms with Crippen LogP contribution in [0.1, 0.15) is 16.7 Å². The summed E-state index contributed by atoms with van der Waals surface area (Å²) in [7, 11) is 0. The van der Waals surface area contributed by atoms with Gasteiger partial charge in [0.25, 0.3) is 0 Å². The van der Waals surface area contributed by atoms with Crippen molar-refractivity contribution in [3.05, 3.63) is 52.0 Å². The highest BCUT2D eigenvalue weighted by atomic mass is 32.2. The minimum Gasteiger partial charge on any atom is -0.271 e. The van der Waals surface area contributed by atoms with Crippen molar-refractivity contribution in [2.45, 2.75) is 30.7 Å². The standard InChI is InChI=1S/C15H19FN2S2/c1-2-13-7-8-15(20-13)9-12(18-17)10-19-14-5-3-11(16)4-6-14/h3-8,12,18H,2,9-10,17H2,1H3. The SMILES string of the molecule is CCc1ccc(CC(CSc2ccc(F)cc2)NN)s1. The lowest BCUT2D eigenvalue weighted by Gasteiger charge is -2.14. The zero-order valence-corrected chi connectivity index (χ0v) is 13.1. The van der Waals surface area contributed by atoms with Gasteiger partial charge < -0.3 is 0 Å². The van der Waals surface area contributed by atoms with Crippen LogP contribution in [0.4, 0.5) is 4.39 Å². The fourth-order valence-electron chi connectivity index (χ4n) is 1.86. The average Bonchev–Trinajstić information content (AvgIpc) is 2.93. The van der Waals surface area contributed by atoms with Gasteiger partial charge in [0.15, 0.2) is 0 Å². The predicted octanol–water partition coefficient (Wildman–Crippen LogP) is 3.62. The number of hydrazine groups is 1. The number of benzene rings is 1. The molecule has 1 atom stereocenters. The first-order valence-corrected chi connectivity index (χ1v) is 8.43. The lowest BCUT2D eigenvalue weighted by Crippen LogP contribution is -2.38. The summed E-state index contributed by atoms with van der Waals surface area (Å²) in [6.45, 7) is 2.17. The van der Waals surface area contributed by atoms with Crippen LogP contribution >= 0.6 is 23.1 Å². The van der Waals surface area contributed by atoms with E-state index in [-0.39, 0.29) is 11.9 Å². The first-order valence-electron chi connectivity index (χ1n) is 6.63. The van der Waals surface area contributed by atoms with Crippen molar-refractivity contribution in [3.8, 4) is 0 Å². The van der Waals surface area contributed by atoms with E-state index < -0.39 is 0 Å². The Balaban J connectivity index is 1.87. The van der Waals surface area contributed by atoms with E-state index in [1.165, 1.54) is 21.9 Å². The van der Waals surface area contributed by atoms with E-state index in [0.717, 1.165) is 23.5 Å². The van der Waals surface area contributed by atoms with Gasteiger partial charge in [0, 0.05) is 26.4 Å². The number of thiophene rings is 1. The van der Waals surface area contributed by atoms with E-state index in [2.05, 4.69) is 24.5 Å². The molecule has 0 saturated heterocycles. The molecule has 3 N–H and O–H groups in total. The molecule has 2 rings (SSSR count). The van der Waals surface area contributed by atoms with Gasteiger partial charge in [0.05, 0.1) is 0 Å². The summed E-state index contributed by atoms with van der Waals surface area (Å²) < 4.78 is 12.8. The average molecular weight is 310 g/mol. The molecule has 0 aliphatic rings. The lowest BCUT2D eigenvalue weighted by atomic mass is 10.2. The molecule has 20 heavy (non-hydrogen) atoms. The maximum absolute atomic E-state index is 12.8. The molecule has 0 radical (unpaired) electrons. The van der Waals surface area contributed by atoms with E-state index in [4.69, 9.17) is 5.84 Å². The number of aryl methyl sites for hydroxylation is 1. The van der Waals surface area contributed by atoms with Crippen LogP contribution in [0.2, 0.25) is 0 Å². The molecule has 1 aromatic carbocycles. The van der Waals surface area contributed by atoms with Crippen LogP contribution in [-0.2, 0) is 12.8 Å². The van der Waals surface area contributed by atoms with Gasteiger partial charge in [-0.1, -0.05) is 6.92 Å². The van der Waals surface area contributed by atoms with Gasteiger partial charge in [0.2, 0.25) is 0 Å².